The largest absolute Gasteiger partial charge is 0.454 e. The molecule has 0 atom stereocenters. The molecule has 0 radical (unpaired) electrons. The maximum atomic E-state index is 13.2. The molecule has 1 fully saturated rings. The minimum atomic E-state index is 0.00642. The van der Waals surface area contributed by atoms with Gasteiger partial charge in [0.15, 0.2) is 11.5 Å². The summed E-state index contributed by atoms with van der Waals surface area (Å²) in [6.45, 7) is 1.49. The molecule has 3 N–H and O–H groups in total. The summed E-state index contributed by atoms with van der Waals surface area (Å²) in [4.78, 5) is 27.9. The molecule has 3 aromatic heterocycles. The first-order valence-electron chi connectivity index (χ1n) is 12.1. The Hall–Kier alpha value is -4.53. The number of anilines is 1. The van der Waals surface area contributed by atoms with Gasteiger partial charge in [-0.1, -0.05) is 18.2 Å². The van der Waals surface area contributed by atoms with E-state index in [2.05, 4.69) is 26.5 Å². The Kier molecular flexibility index (Phi) is 4.63. The zero-order valence-electron chi connectivity index (χ0n) is 19.5. The maximum absolute atomic E-state index is 13.2. The number of nitrogen functional groups attached to an aromatic ring is 1. The Bertz CT molecular complexity index is 1600. The van der Waals surface area contributed by atoms with Crippen molar-refractivity contribution < 1.29 is 14.3 Å². The van der Waals surface area contributed by atoms with Crippen LogP contribution in [0.25, 0.3) is 27.8 Å². The lowest BCUT2D eigenvalue weighted by atomic mass is 9.95. The van der Waals surface area contributed by atoms with E-state index in [0.29, 0.717) is 36.0 Å². The number of hydrogen-bond acceptors (Lipinski definition) is 6. The van der Waals surface area contributed by atoms with E-state index in [4.69, 9.17) is 20.2 Å². The number of fused-ring (bicyclic) bond motifs is 3. The van der Waals surface area contributed by atoms with Gasteiger partial charge in [-0.25, -0.2) is 9.97 Å². The second kappa shape index (κ2) is 8.01. The normalized spacial score (nSPS) is 15.7. The average molecular weight is 481 g/mol. The molecule has 0 aliphatic carbocycles. The average Bonchev–Trinajstić information content (AvgIpc) is 3.64. The van der Waals surface area contributed by atoms with Gasteiger partial charge in [0.2, 0.25) is 6.79 Å². The third kappa shape index (κ3) is 3.27. The first kappa shape index (κ1) is 20.8. The monoisotopic (exact) mass is 480 g/mol. The van der Waals surface area contributed by atoms with Gasteiger partial charge in [0.1, 0.15) is 22.9 Å². The summed E-state index contributed by atoms with van der Waals surface area (Å²) in [6, 6.07) is 15.6. The molecular formula is C27H24N6O3. The molecule has 2 aromatic carbocycles. The van der Waals surface area contributed by atoms with E-state index in [0.717, 1.165) is 46.5 Å². The van der Waals surface area contributed by atoms with Crippen LogP contribution in [-0.4, -0.2) is 50.0 Å². The molecule has 5 aromatic rings. The molecule has 1 saturated heterocycles. The lowest BCUT2D eigenvalue weighted by molar-refractivity contribution is 0.0710. The van der Waals surface area contributed by atoms with Gasteiger partial charge in [-0.15, -0.1) is 0 Å². The Morgan fingerprint density at radius 1 is 1.06 bits per heavy atom. The first-order chi connectivity index (χ1) is 17.7. The number of H-pyrrole nitrogens is 1. The fourth-order valence-electron chi connectivity index (χ4n) is 5.32. The summed E-state index contributed by atoms with van der Waals surface area (Å²) in [7, 11) is 0. The summed E-state index contributed by atoms with van der Waals surface area (Å²) >= 11 is 0. The van der Waals surface area contributed by atoms with Crippen molar-refractivity contribution in [1.82, 2.24) is 24.3 Å². The molecule has 1 amide bonds. The number of imidazole rings is 1. The Morgan fingerprint density at radius 3 is 2.75 bits per heavy atom. The predicted octanol–water partition coefficient (Wildman–Crippen LogP) is 4.21. The highest BCUT2D eigenvalue weighted by molar-refractivity contribution is 5.95. The second-order valence-electron chi connectivity index (χ2n) is 9.25. The predicted molar refractivity (Wildman–Crippen MR) is 135 cm³/mol. The van der Waals surface area contributed by atoms with Crippen LogP contribution >= 0.6 is 0 Å². The van der Waals surface area contributed by atoms with Crippen LogP contribution in [0.15, 0.2) is 60.9 Å². The Balaban J connectivity index is 1.18. The SMILES string of the molecule is Nc1nccn2c(C3CCN(C(=O)c4ccc5c(c4)OCO5)CC3)nc(-c3cc4ccccc4[nH]3)c12. The highest BCUT2D eigenvalue weighted by Gasteiger charge is 2.29. The summed E-state index contributed by atoms with van der Waals surface area (Å²) in [5, 5.41) is 1.12. The number of benzene rings is 2. The number of nitrogens with zero attached hydrogens (tertiary/aromatic N) is 4. The summed E-state index contributed by atoms with van der Waals surface area (Å²) in [5.41, 5.74) is 10.5. The van der Waals surface area contributed by atoms with Crippen molar-refractivity contribution in [2.75, 3.05) is 25.6 Å². The molecule has 180 valence electrons. The third-order valence-corrected chi connectivity index (χ3v) is 7.16. The molecule has 2 aliphatic rings. The number of carbonyl (C=O) groups excluding carboxylic acids is 1. The van der Waals surface area contributed by atoms with Crippen LogP contribution in [0.1, 0.15) is 34.9 Å². The van der Waals surface area contributed by atoms with Gasteiger partial charge < -0.3 is 25.1 Å². The van der Waals surface area contributed by atoms with Crippen molar-refractivity contribution in [1.29, 1.82) is 0 Å². The molecule has 0 saturated carbocycles. The molecule has 5 heterocycles. The Labute approximate surface area is 206 Å². The molecule has 0 spiro atoms. The van der Waals surface area contributed by atoms with Gasteiger partial charge >= 0.3 is 0 Å². The molecular weight excluding hydrogens is 456 g/mol. The van der Waals surface area contributed by atoms with E-state index in [1.807, 2.05) is 29.3 Å². The number of hydrogen-bond donors (Lipinski definition) is 2. The van der Waals surface area contributed by atoms with Crippen LogP contribution in [-0.2, 0) is 0 Å². The topological polar surface area (TPSA) is 111 Å². The van der Waals surface area contributed by atoms with E-state index in [9.17, 15) is 4.79 Å². The molecule has 0 bridgehead atoms. The molecule has 9 heteroatoms. The van der Waals surface area contributed by atoms with Crippen LogP contribution in [0.5, 0.6) is 11.5 Å². The van der Waals surface area contributed by atoms with Crippen LogP contribution in [0, 0.1) is 0 Å². The fraction of sp³-hybridized carbons (Fsp3) is 0.222. The lowest BCUT2D eigenvalue weighted by Crippen LogP contribution is -2.38. The number of likely N-dealkylation sites (tertiary alicyclic amines) is 1. The lowest BCUT2D eigenvalue weighted by Gasteiger charge is -2.31. The van der Waals surface area contributed by atoms with E-state index in [1.165, 1.54) is 0 Å². The van der Waals surface area contributed by atoms with Gasteiger partial charge in [-0.3, -0.25) is 9.20 Å². The fourth-order valence-corrected chi connectivity index (χ4v) is 5.32. The van der Waals surface area contributed by atoms with Crippen molar-refractivity contribution in [3.63, 3.8) is 0 Å². The van der Waals surface area contributed by atoms with Gasteiger partial charge in [0.25, 0.3) is 5.91 Å². The summed E-state index contributed by atoms with van der Waals surface area (Å²) in [6.07, 6.45) is 5.25. The minimum Gasteiger partial charge on any atom is -0.454 e. The van der Waals surface area contributed by atoms with Crippen molar-refractivity contribution in [2.45, 2.75) is 18.8 Å². The van der Waals surface area contributed by atoms with Crippen LogP contribution < -0.4 is 15.2 Å². The highest BCUT2D eigenvalue weighted by atomic mass is 16.7. The molecule has 36 heavy (non-hydrogen) atoms. The van der Waals surface area contributed by atoms with Gasteiger partial charge in [0, 0.05) is 47.9 Å². The van der Waals surface area contributed by atoms with E-state index >= 15 is 0 Å². The summed E-state index contributed by atoms with van der Waals surface area (Å²) in [5.74, 6) is 2.89. The molecule has 2 aliphatic heterocycles. The van der Waals surface area contributed by atoms with E-state index in [1.54, 1.807) is 24.4 Å². The second-order valence-corrected chi connectivity index (χ2v) is 9.25. The number of amides is 1. The zero-order chi connectivity index (χ0) is 24.2. The standard InChI is InChI=1S/C27H24N6O3/c28-25-24-23(20-13-17-3-1-2-4-19(17)30-20)31-26(33(24)12-9-29-25)16-7-10-32(11-8-16)27(34)18-5-6-21-22(14-18)36-15-35-21/h1-6,9,12-14,16,30H,7-8,10-11,15H2,(H2,28,29). The van der Waals surface area contributed by atoms with Crippen molar-refractivity contribution in [3.05, 3.63) is 72.3 Å². The van der Waals surface area contributed by atoms with Gasteiger partial charge in [0.05, 0.1) is 5.69 Å². The maximum Gasteiger partial charge on any atom is 0.253 e. The number of ether oxygens (including phenoxy) is 2. The number of aromatic nitrogens is 4. The van der Waals surface area contributed by atoms with Crippen LogP contribution in [0.2, 0.25) is 0 Å². The van der Waals surface area contributed by atoms with Gasteiger partial charge in [-0.2, -0.15) is 0 Å². The number of rotatable bonds is 3. The first-order valence-corrected chi connectivity index (χ1v) is 12.1. The van der Waals surface area contributed by atoms with E-state index in [-0.39, 0.29) is 18.6 Å². The van der Waals surface area contributed by atoms with Crippen molar-refractivity contribution >= 4 is 28.1 Å². The Morgan fingerprint density at radius 2 is 1.89 bits per heavy atom. The van der Waals surface area contributed by atoms with Crippen LogP contribution in [0.4, 0.5) is 5.82 Å². The van der Waals surface area contributed by atoms with Crippen molar-refractivity contribution in [3.8, 4) is 22.9 Å². The smallest absolute Gasteiger partial charge is 0.253 e. The third-order valence-electron chi connectivity index (χ3n) is 7.16. The number of aromatic amines is 1. The molecule has 7 rings (SSSR count). The van der Waals surface area contributed by atoms with Gasteiger partial charge in [-0.05, 0) is 43.2 Å². The molecule has 9 nitrogen and oxygen atoms in total. The number of carbonyl (C=O) groups is 1. The quantitative estimate of drug-likeness (QED) is 0.400. The number of nitrogens with two attached hydrogens (primary N) is 1. The highest BCUT2D eigenvalue weighted by Crippen LogP contribution is 2.36. The molecule has 0 unspecified atom stereocenters. The van der Waals surface area contributed by atoms with Crippen LogP contribution in [0.3, 0.4) is 0 Å². The van der Waals surface area contributed by atoms with E-state index < -0.39 is 0 Å². The zero-order valence-corrected chi connectivity index (χ0v) is 19.5. The number of piperidine rings is 1. The van der Waals surface area contributed by atoms with Crippen molar-refractivity contribution in [2.24, 2.45) is 0 Å². The summed E-state index contributed by atoms with van der Waals surface area (Å²) < 4.78 is 12.9. The number of nitrogens with one attached hydrogen (secondary N) is 1. The number of para-hydroxylation sites is 1. The minimum absolute atomic E-state index is 0.00642.